The lowest BCUT2D eigenvalue weighted by Gasteiger charge is -2.32. The highest BCUT2D eigenvalue weighted by Crippen LogP contribution is 2.22. The van der Waals surface area contributed by atoms with Gasteiger partial charge in [0.25, 0.3) is 0 Å². The van der Waals surface area contributed by atoms with Gasteiger partial charge in [-0.05, 0) is 19.4 Å². The first-order valence-corrected chi connectivity index (χ1v) is 7.07. The summed E-state index contributed by atoms with van der Waals surface area (Å²) in [5.74, 6) is 1.07. The Morgan fingerprint density at radius 3 is 2.80 bits per heavy atom. The number of methoxy groups -OCH3 is 1. The van der Waals surface area contributed by atoms with Crippen molar-refractivity contribution < 1.29 is 14.1 Å². The third-order valence-electron chi connectivity index (χ3n) is 3.56. The van der Waals surface area contributed by atoms with Gasteiger partial charge < -0.3 is 9.26 Å². The molecule has 0 aromatic carbocycles. The van der Waals surface area contributed by atoms with Gasteiger partial charge in [-0.25, -0.2) is 0 Å². The fourth-order valence-electron chi connectivity index (χ4n) is 2.38. The summed E-state index contributed by atoms with van der Waals surface area (Å²) in [6, 6.07) is -0.196. The molecule has 1 aromatic heterocycles. The van der Waals surface area contributed by atoms with Crippen molar-refractivity contribution in [3.63, 3.8) is 0 Å². The van der Waals surface area contributed by atoms with Crippen LogP contribution in [0.15, 0.2) is 4.52 Å². The molecular weight excluding hydrogens is 258 g/mol. The summed E-state index contributed by atoms with van der Waals surface area (Å²) in [7, 11) is 1.43. The maximum absolute atomic E-state index is 11.8. The van der Waals surface area contributed by atoms with Crippen molar-refractivity contribution in [3.05, 3.63) is 11.7 Å². The monoisotopic (exact) mass is 281 g/mol. The zero-order chi connectivity index (χ0) is 14.8. The molecule has 1 aliphatic rings. The maximum atomic E-state index is 11.8. The summed E-state index contributed by atoms with van der Waals surface area (Å²) < 4.78 is 10.2. The Balaban J connectivity index is 2.07. The minimum atomic E-state index is -0.196. The standard InChI is InChI=1S/C14H23N3O3/c1-14(2,3)13-15-11(20-16-13)9-17-8-6-5-7-10(17)12(18)19-4/h10H,5-9H2,1-4H3/t10-/m1/s1. The van der Waals surface area contributed by atoms with Gasteiger partial charge in [0.05, 0.1) is 13.7 Å². The van der Waals surface area contributed by atoms with Crippen molar-refractivity contribution in [1.82, 2.24) is 15.0 Å². The number of nitrogens with zero attached hydrogens (tertiary/aromatic N) is 3. The highest BCUT2D eigenvalue weighted by molar-refractivity contribution is 5.75. The van der Waals surface area contributed by atoms with Crippen molar-refractivity contribution >= 4 is 5.97 Å². The van der Waals surface area contributed by atoms with Gasteiger partial charge in [0, 0.05) is 5.41 Å². The van der Waals surface area contributed by atoms with E-state index in [1.165, 1.54) is 7.11 Å². The van der Waals surface area contributed by atoms with E-state index >= 15 is 0 Å². The van der Waals surface area contributed by atoms with Gasteiger partial charge in [0.1, 0.15) is 6.04 Å². The molecule has 112 valence electrons. The molecule has 0 amide bonds. The summed E-state index contributed by atoms with van der Waals surface area (Å²) in [6.45, 7) is 7.48. The number of hydrogen-bond donors (Lipinski definition) is 0. The Morgan fingerprint density at radius 2 is 2.20 bits per heavy atom. The Morgan fingerprint density at radius 1 is 1.45 bits per heavy atom. The van der Waals surface area contributed by atoms with E-state index in [4.69, 9.17) is 9.26 Å². The molecule has 1 aromatic rings. The van der Waals surface area contributed by atoms with E-state index in [1.807, 2.05) is 20.8 Å². The van der Waals surface area contributed by atoms with E-state index in [0.29, 0.717) is 18.3 Å². The third-order valence-corrected chi connectivity index (χ3v) is 3.56. The van der Waals surface area contributed by atoms with Crippen LogP contribution in [0.3, 0.4) is 0 Å². The number of hydrogen-bond acceptors (Lipinski definition) is 6. The normalized spacial score (nSPS) is 20.9. The number of rotatable bonds is 3. The van der Waals surface area contributed by atoms with E-state index in [9.17, 15) is 4.79 Å². The number of esters is 1. The fourth-order valence-corrected chi connectivity index (χ4v) is 2.38. The molecule has 0 radical (unpaired) electrons. The number of carbonyl (C=O) groups excluding carboxylic acids is 1. The average molecular weight is 281 g/mol. The first kappa shape index (κ1) is 15.0. The second-order valence-electron chi connectivity index (χ2n) is 6.27. The van der Waals surface area contributed by atoms with Crippen molar-refractivity contribution in [1.29, 1.82) is 0 Å². The molecule has 2 heterocycles. The lowest BCUT2D eigenvalue weighted by atomic mass is 9.96. The Hall–Kier alpha value is -1.43. The maximum Gasteiger partial charge on any atom is 0.323 e. The first-order valence-electron chi connectivity index (χ1n) is 7.07. The van der Waals surface area contributed by atoms with Crippen molar-refractivity contribution in [3.8, 4) is 0 Å². The van der Waals surface area contributed by atoms with Crippen LogP contribution in [0.1, 0.15) is 51.7 Å². The quantitative estimate of drug-likeness (QED) is 0.788. The van der Waals surface area contributed by atoms with Crippen LogP contribution in [-0.2, 0) is 21.5 Å². The predicted octanol–water partition coefficient (Wildman–Crippen LogP) is 1.89. The molecule has 0 saturated carbocycles. The van der Waals surface area contributed by atoms with Gasteiger partial charge in [-0.3, -0.25) is 9.69 Å². The van der Waals surface area contributed by atoms with Crippen molar-refractivity contribution in [2.24, 2.45) is 0 Å². The van der Waals surface area contributed by atoms with E-state index in [1.54, 1.807) is 0 Å². The van der Waals surface area contributed by atoms with Gasteiger partial charge >= 0.3 is 5.97 Å². The Labute approximate surface area is 119 Å². The minimum Gasteiger partial charge on any atom is -0.468 e. The molecule has 6 nitrogen and oxygen atoms in total. The molecule has 0 bridgehead atoms. The average Bonchev–Trinajstić information content (AvgIpc) is 2.87. The lowest BCUT2D eigenvalue weighted by molar-refractivity contribution is -0.148. The van der Waals surface area contributed by atoms with Crippen LogP contribution >= 0.6 is 0 Å². The highest BCUT2D eigenvalue weighted by Gasteiger charge is 2.31. The second-order valence-corrected chi connectivity index (χ2v) is 6.27. The minimum absolute atomic E-state index is 0.134. The lowest BCUT2D eigenvalue weighted by Crippen LogP contribution is -2.44. The van der Waals surface area contributed by atoms with Crippen LogP contribution in [0.25, 0.3) is 0 Å². The smallest absolute Gasteiger partial charge is 0.323 e. The SMILES string of the molecule is COC(=O)[C@H]1CCCCN1Cc1nc(C(C)(C)C)no1. The van der Waals surface area contributed by atoms with Gasteiger partial charge in [0.15, 0.2) is 5.82 Å². The highest BCUT2D eigenvalue weighted by atomic mass is 16.5. The van der Waals surface area contributed by atoms with Gasteiger partial charge in [-0.2, -0.15) is 4.98 Å². The Kier molecular flexibility index (Phi) is 4.42. The molecule has 1 atom stereocenters. The number of carbonyl (C=O) groups is 1. The summed E-state index contributed by atoms with van der Waals surface area (Å²) >= 11 is 0. The molecule has 0 unspecified atom stereocenters. The fraction of sp³-hybridized carbons (Fsp3) is 0.786. The molecule has 0 spiro atoms. The summed E-state index contributed by atoms with van der Waals surface area (Å²) in [6.07, 6.45) is 2.95. The molecule has 0 aliphatic carbocycles. The van der Waals surface area contributed by atoms with Crippen LogP contribution in [-0.4, -0.2) is 40.7 Å². The summed E-state index contributed by atoms with van der Waals surface area (Å²) in [5.41, 5.74) is -0.134. The van der Waals surface area contributed by atoms with E-state index < -0.39 is 0 Å². The van der Waals surface area contributed by atoms with Crippen LogP contribution in [0.2, 0.25) is 0 Å². The number of piperidine rings is 1. The predicted molar refractivity (Wildman–Crippen MR) is 73.1 cm³/mol. The van der Waals surface area contributed by atoms with Gasteiger partial charge in [0.2, 0.25) is 5.89 Å². The third kappa shape index (κ3) is 3.36. The molecule has 1 aliphatic heterocycles. The molecule has 2 rings (SSSR count). The second kappa shape index (κ2) is 5.91. The largest absolute Gasteiger partial charge is 0.468 e. The van der Waals surface area contributed by atoms with E-state index in [0.717, 1.165) is 25.8 Å². The van der Waals surface area contributed by atoms with Gasteiger partial charge in [-0.15, -0.1) is 0 Å². The summed E-state index contributed by atoms with van der Waals surface area (Å²) in [4.78, 5) is 18.3. The topological polar surface area (TPSA) is 68.5 Å². The van der Waals surface area contributed by atoms with Gasteiger partial charge in [-0.1, -0.05) is 32.3 Å². The Bertz CT molecular complexity index is 464. The van der Waals surface area contributed by atoms with E-state index in [2.05, 4.69) is 15.0 Å². The van der Waals surface area contributed by atoms with E-state index in [-0.39, 0.29) is 17.4 Å². The van der Waals surface area contributed by atoms with Crippen LogP contribution in [0.4, 0.5) is 0 Å². The molecule has 0 N–H and O–H groups in total. The van der Waals surface area contributed by atoms with Crippen molar-refractivity contribution in [2.75, 3.05) is 13.7 Å². The van der Waals surface area contributed by atoms with Crippen LogP contribution < -0.4 is 0 Å². The molecule has 1 fully saturated rings. The molecule has 6 heteroatoms. The zero-order valence-corrected chi connectivity index (χ0v) is 12.7. The number of likely N-dealkylation sites (tertiary alicyclic amines) is 1. The summed E-state index contributed by atoms with van der Waals surface area (Å²) in [5, 5.41) is 4.01. The number of ether oxygens (including phenoxy) is 1. The zero-order valence-electron chi connectivity index (χ0n) is 12.7. The van der Waals surface area contributed by atoms with Crippen molar-refractivity contribution in [2.45, 2.75) is 58.0 Å². The number of aromatic nitrogens is 2. The van der Waals surface area contributed by atoms with Crippen LogP contribution in [0, 0.1) is 0 Å². The molecule has 20 heavy (non-hydrogen) atoms. The van der Waals surface area contributed by atoms with Crippen LogP contribution in [0.5, 0.6) is 0 Å². The first-order chi connectivity index (χ1) is 9.41. The molecular formula is C14H23N3O3. The molecule has 1 saturated heterocycles.